The third kappa shape index (κ3) is 4.14. The third-order valence-corrected chi connectivity index (χ3v) is 5.20. The minimum absolute atomic E-state index is 0.0676. The normalized spacial score (nSPS) is 16.2. The predicted octanol–water partition coefficient (Wildman–Crippen LogP) is 2.40. The van der Waals surface area contributed by atoms with Crippen molar-refractivity contribution in [2.24, 2.45) is 15.5 Å². The molecule has 2 rings (SSSR count). The Morgan fingerprint density at radius 3 is 2.75 bits per heavy atom. The molecule has 132 valence electrons. The van der Waals surface area contributed by atoms with Crippen LogP contribution in [0.3, 0.4) is 0 Å². The summed E-state index contributed by atoms with van der Waals surface area (Å²) in [5.74, 6) is 0.347. The molecule has 1 heterocycles. The van der Waals surface area contributed by atoms with Gasteiger partial charge in [-0.15, -0.1) is 4.40 Å². The average Bonchev–Trinajstić information content (AvgIpc) is 2.48. The number of carbonyl (C=O) groups excluding carboxylic acids is 1. The van der Waals surface area contributed by atoms with E-state index in [2.05, 4.69) is 4.40 Å². The van der Waals surface area contributed by atoms with Crippen LogP contribution in [0.25, 0.3) is 0 Å². The van der Waals surface area contributed by atoms with E-state index in [1.54, 1.807) is 18.2 Å². The number of amidine groups is 1. The van der Waals surface area contributed by atoms with Crippen LogP contribution in [0.1, 0.15) is 51.2 Å². The van der Waals surface area contributed by atoms with Crippen LogP contribution in [0.4, 0.5) is 0 Å². The highest BCUT2D eigenvalue weighted by Gasteiger charge is 2.30. The van der Waals surface area contributed by atoms with E-state index in [9.17, 15) is 13.2 Å². The molecule has 7 heteroatoms. The number of hydrogen-bond acceptors (Lipinski definition) is 5. The quantitative estimate of drug-likeness (QED) is 0.812. The van der Waals surface area contributed by atoms with Crippen LogP contribution in [-0.4, -0.2) is 26.6 Å². The Hall–Kier alpha value is -1.89. The van der Waals surface area contributed by atoms with Crippen molar-refractivity contribution >= 4 is 21.6 Å². The van der Waals surface area contributed by atoms with Gasteiger partial charge in [-0.1, -0.05) is 25.5 Å². The number of sulfonamides is 1. The minimum atomic E-state index is -3.58. The third-order valence-electron chi connectivity index (χ3n) is 4.04. The van der Waals surface area contributed by atoms with E-state index in [1.165, 1.54) is 0 Å². The van der Waals surface area contributed by atoms with Crippen molar-refractivity contribution in [1.29, 1.82) is 0 Å². The molecule has 0 bridgehead atoms. The molecule has 1 aromatic rings. The van der Waals surface area contributed by atoms with E-state index >= 15 is 0 Å². The number of carbonyl (C=O) groups is 1. The summed E-state index contributed by atoms with van der Waals surface area (Å²) in [6.07, 6.45) is 2.36. The molecule has 0 aromatic heterocycles. The fourth-order valence-corrected chi connectivity index (χ4v) is 3.64. The second kappa shape index (κ2) is 6.93. The number of fused-ring (bicyclic) bond motifs is 1. The molecular weight excluding hydrogens is 328 g/mol. The van der Waals surface area contributed by atoms with Gasteiger partial charge >= 0.3 is 0 Å². The van der Waals surface area contributed by atoms with Crippen molar-refractivity contribution in [3.05, 3.63) is 29.3 Å². The molecule has 6 nitrogen and oxygen atoms in total. The Balaban J connectivity index is 2.19. The van der Waals surface area contributed by atoms with Crippen molar-refractivity contribution in [2.45, 2.75) is 45.8 Å². The highest BCUT2D eigenvalue weighted by Crippen LogP contribution is 2.30. The van der Waals surface area contributed by atoms with Gasteiger partial charge in [0.2, 0.25) is 0 Å². The number of hydrogen-bond donors (Lipinski definition) is 1. The second-order valence-corrected chi connectivity index (χ2v) is 8.33. The van der Waals surface area contributed by atoms with Gasteiger partial charge in [-0.2, -0.15) is 0 Å². The lowest BCUT2D eigenvalue weighted by Gasteiger charge is -2.25. The Bertz CT molecular complexity index is 767. The SMILES string of the molecule is CCCCC(=O)C(C)(C)COc1cccc2c1C(N)=NS(=O)(=O)C2. The molecule has 1 aliphatic heterocycles. The van der Waals surface area contributed by atoms with Crippen LogP contribution in [0.2, 0.25) is 0 Å². The van der Waals surface area contributed by atoms with E-state index in [-0.39, 0.29) is 24.0 Å². The lowest BCUT2D eigenvalue weighted by atomic mass is 9.86. The molecule has 0 saturated carbocycles. The zero-order chi connectivity index (χ0) is 18.0. The van der Waals surface area contributed by atoms with Gasteiger partial charge in [0, 0.05) is 6.42 Å². The summed E-state index contributed by atoms with van der Waals surface area (Å²) in [6, 6.07) is 5.12. The zero-order valence-corrected chi connectivity index (χ0v) is 15.1. The summed E-state index contributed by atoms with van der Waals surface area (Å²) < 4.78 is 32.8. The van der Waals surface area contributed by atoms with E-state index in [0.717, 1.165) is 12.8 Å². The monoisotopic (exact) mass is 352 g/mol. The molecule has 0 unspecified atom stereocenters. The summed E-state index contributed by atoms with van der Waals surface area (Å²) in [4.78, 5) is 12.3. The van der Waals surface area contributed by atoms with E-state index in [4.69, 9.17) is 10.5 Å². The number of benzene rings is 1. The van der Waals surface area contributed by atoms with Crippen LogP contribution in [0.15, 0.2) is 22.6 Å². The first-order chi connectivity index (χ1) is 11.2. The topological polar surface area (TPSA) is 98.8 Å². The number of nitrogens with zero attached hydrogens (tertiary/aromatic N) is 1. The summed E-state index contributed by atoms with van der Waals surface area (Å²) in [6.45, 7) is 5.94. The largest absolute Gasteiger partial charge is 0.492 e. The van der Waals surface area contributed by atoms with E-state index < -0.39 is 15.4 Å². The van der Waals surface area contributed by atoms with Gasteiger partial charge in [0.15, 0.2) is 0 Å². The molecule has 0 saturated heterocycles. The number of unbranched alkanes of at least 4 members (excludes halogenated alkanes) is 1. The smallest absolute Gasteiger partial charge is 0.259 e. The fraction of sp³-hybridized carbons (Fsp3) is 0.529. The maximum absolute atomic E-state index is 12.3. The summed E-state index contributed by atoms with van der Waals surface area (Å²) in [5.41, 5.74) is 6.26. The highest BCUT2D eigenvalue weighted by atomic mass is 32.2. The maximum Gasteiger partial charge on any atom is 0.259 e. The Labute approximate surface area is 143 Å². The van der Waals surface area contributed by atoms with Crippen LogP contribution >= 0.6 is 0 Å². The summed E-state index contributed by atoms with van der Waals surface area (Å²) in [7, 11) is -3.58. The van der Waals surface area contributed by atoms with Crippen LogP contribution < -0.4 is 10.5 Å². The minimum Gasteiger partial charge on any atom is -0.492 e. The second-order valence-electron chi connectivity index (χ2n) is 6.69. The van der Waals surface area contributed by atoms with Crippen molar-refractivity contribution in [3.63, 3.8) is 0 Å². The molecule has 0 atom stereocenters. The molecule has 0 radical (unpaired) electrons. The molecule has 0 amide bonds. The van der Waals surface area contributed by atoms with Gasteiger partial charge in [0.05, 0.1) is 16.7 Å². The molecule has 0 fully saturated rings. The van der Waals surface area contributed by atoms with Gasteiger partial charge in [-0.25, -0.2) is 8.42 Å². The highest BCUT2D eigenvalue weighted by molar-refractivity contribution is 7.89. The Kier molecular flexibility index (Phi) is 5.32. The molecular formula is C17H24N2O4S. The first-order valence-electron chi connectivity index (χ1n) is 8.03. The van der Waals surface area contributed by atoms with E-state index in [0.29, 0.717) is 23.3 Å². The van der Waals surface area contributed by atoms with Crippen molar-refractivity contribution in [3.8, 4) is 5.75 Å². The lowest BCUT2D eigenvalue weighted by Crippen LogP contribution is -2.32. The maximum atomic E-state index is 12.3. The van der Waals surface area contributed by atoms with Gasteiger partial charge in [0.25, 0.3) is 10.0 Å². The number of ketones is 1. The fourth-order valence-electron chi connectivity index (χ4n) is 2.55. The number of ether oxygens (including phenoxy) is 1. The van der Waals surface area contributed by atoms with Gasteiger partial charge in [-0.3, -0.25) is 4.79 Å². The van der Waals surface area contributed by atoms with Crippen molar-refractivity contribution in [1.82, 2.24) is 0 Å². The molecule has 0 aliphatic carbocycles. The summed E-state index contributed by atoms with van der Waals surface area (Å²) in [5, 5.41) is 0. The first-order valence-corrected chi connectivity index (χ1v) is 9.63. The zero-order valence-electron chi connectivity index (χ0n) is 14.3. The van der Waals surface area contributed by atoms with Gasteiger partial charge < -0.3 is 10.5 Å². The Morgan fingerprint density at radius 2 is 2.08 bits per heavy atom. The molecule has 1 aliphatic rings. The Morgan fingerprint density at radius 1 is 1.38 bits per heavy atom. The predicted molar refractivity (Wildman–Crippen MR) is 93.6 cm³/mol. The number of Topliss-reactive ketones (excluding diaryl/α,β-unsaturated/α-hetero) is 1. The van der Waals surface area contributed by atoms with E-state index in [1.807, 2.05) is 20.8 Å². The number of nitrogens with two attached hydrogens (primary N) is 1. The lowest BCUT2D eigenvalue weighted by molar-refractivity contribution is -0.128. The summed E-state index contributed by atoms with van der Waals surface area (Å²) >= 11 is 0. The van der Waals surface area contributed by atoms with Crippen LogP contribution in [0.5, 0.6) is 5.75 Å². The molecule has 24 heavy (non-hydrogen) atoms. The molecule has 0 spiro atoms. The average molecular weight is 352 g/mol. The van der Waals surface area contributed by atoms with Crippen molar-refractivity contribution < 1.29 is 17.9 Å². The molecule has 2 N–H and O–H groups in total. The van der Waals surface area contributed by atoms with Crippen molar-refractivity contribution in [2.75, 3.05) is 6.61 Å². The van der Waals surface area contributed by atoms with Crippen LogP contribution in [0, 0.1) is 5.41 Å². The first kappa shape index (κ1) is 18.4. The standard InChI is InChI=1S/C17H24N2O4S/c1-4-5-9-14(20)17(2,3)11-23-13-8-6-7-12-10-24(21,22)19-16(18)15(12)13/h6-8H,4-5,9-11H2,1-3H3,(H2,18,19). The number of rotatable bonds is 7. The van der Waals surface area contributed by atoms with Gasteiger partial charge in [-0.05, 0) is 31.9 Å². The van der Waals surface area contributed by atoms with Gasteiger partial charge in [0.1, 0.15) is 24.0 Å². The van der Waals surface area contributed by atoms with Crippen LogP contribution in [-0.2, 0) is 20.6 Å². The molecule has 1 aromatic carbocycles.